The van der Waals surface area contributed by atoms with E-state index in [0.29, 0.717) is 5.92 Å². The Hall–Kier alpha value is -1.68. The Bertz CT molecular complexity index is 677. The van der Waals surface area contributed by atoms with Crippen molar-refractivity contribution in [1.82, 2.24) is 14.5 Å². The average Bonchev–Trinajstić information content (AvgIpc) is 2.87. The molecule has 106 valence electrons. The van der Waals surface area contributed by atoms with Gasteiger partial charge in [0.2, 0.25) is 0 Å². The topological polar surface area (TPSA) is 38.1 Å². The molecule has 3 rings (SSSR count). The largest absolute Gasteiger partial charge is 0.306 e. The fraction of sp³-hybridized carbons (Fsp3) is 0.500. The molecule has 2 aromatic rings. The van der Waals surface area contributed by atoms with Gasteiger partial charge in [0.25, 0.3) is 5.56 Å². The van der Waals surface area contributed by atoms with E-state index in [9.17, 15) is 4.79 Å². The van der Waals surface area contributed by atoms with Gasteiger partial charge in [-0.2, -0.15) is 0 Å². The zero-order valence-electron chi connectivity index (χ0n) is 12.2. The molecule has 0 unspecified atom stereocenters. The Morgan fingerprint density at radius 3 is 2.95 bits per heavy atom. The van der Waals surface area contributed by atoms with Crippen molar-refractivity contribution in [3.63, 3.8) is 0 Å². The molecule has 0 aliphatic carbocycles. The minimum atomic E-state index is 0.0971. The highest BCUT2D eigenvalue weighted by Gasteiger charge is 2.20. The van der Waals surface area contributed by atoms with E-state index in [2.05, 4.69) is 23.9 Å². The number of fused-ring (bicyclic) bond motifs is 1. The number of rotatable bonds is 3. The lowest BCUT2D eigenvalue weighted by atomic mass is 10.1. The Morgan fingerprint density at radius 2 is 2.25 bits per heavy atom. The third-order valence-electron chi connectivity index (χ3n) is 4.24. The van der Waals surface area contributed by atoms with Crippen LogP contribution >= 0.6 is 0 Å². The van der Waals surface area contributed by atoms with E-state index in [1.54, 1.807) is 10.9 Å². The molecule has 2 heterocycles. The Kier molecular flexibility index (Phi) is 3.57. The van der Waals surface area contributed by atoms with Crippen molar-refractivity contribution in [2.75, 3.05) is 20.1 Å². The van der Waals surface area contributed by atoms with Gasteiger partial charge in [0.15, 0.2) is 0 Å². The van der Waals surface area contributed by atoms with E-state index in [4.69, 9.17) is 0 Å². The minimum absolute atomic E-state index is 0.0971. The summed E-state index contributed by atoms with van der Waals surface area (Å²) in [5, 5.41) is 0.748. The third-order valence-corrected chi connectivity index (χ3v) is 4.24. The molecular formula is C16H21N3O. The summed E-state index contributed by atoms with van der Waals surface area (Å²) < 4.78 is 1.78. The van der Waals surface area contributed by atoms with Crippen molar-refractivity contribution in [2.24, 2.45) is 5.92 Å². The van der Waals surface area contributed by atoms with E-state index in [-0.39, 0.29) is 5.56 Å². The summed E-state index contributed by atoms with van der Waals surface area (Å²) in [5.41, 5.74) is 2.08. The number of likely N-dealkylation sites (tertiary alicyclic amines) is 1. The molecule has 4 heteroatoms. The van der Waals surface area contributed by atoms with Gasteiger partial charge in [-0.3, -0.25) is 9.36 Å². The number of hydrogen-bond donors (Lipinski definition) is 0. The maximum absolute atomic E-state index is 12.6. The molecule has 0 radical (unpaired) electrons. The fourth-order valence-corrected chi connectivity index (χ4v) is 3.01. The van der Waals surface area contributed by atoms with Gasteiger partial charge in [-0.05, 0) is 50.0 Å². The van der Waals surface area contributed by atoms with Crippen molar-refractivity contribution in [2.45, 2.75) is 26.3 Å². The van der Waals surface area contributed by atoms with Gasteiger partial charge in [-0.15, -0.1) is 0 Å². The van der Waals surface area contributed by atoms with Crippen LogP contribution in [0.1, 0.15) is 18.9 Å². The van der Waals surface area contributed by atoms with Crippen LogP contribution in [-0.4, -0.2) is 34.6 Å². The summed E-state index contributed by atoms with van der Waals surface area (Å²) in [6.07, 6.45) is 3.81. The molecule has 4 nitrogen and oxygen atoms in total. The van der Waals surface area contributed by atoms with Gasteiger partial charge in [0.1, 0.15) is 0 Å². The smallest absolute Gasteiger partial charge is 0.261 e. The van der Waals surface area contributed by atoms with Crippen molar-refractivity contribution >= 4 is 10.9 Å². The van der Waals surface area contributed by atoms with Gasteiger partial charge in [-0.25, -0.2) is 4.98 Å². The third kappa shape index (κ3) is 2.48. The molecule has 0 bridgehead atoms. The lowest BCUT2D eigenvalue weighted by molar-refractivity contribution is 0.375. The lowest BCUT2D eigenvalue weighted by Crippen LogP contribution is -2.25. The molecule has 1 aromatic heterocycles. The molecule has 0 spiro atoms. The van der Waals surface area contributed by atoms with Gasteiger partial charge in [-0.1, -0.05) is 13.0 Å². The second-order valence-electron chi connectivity index (χ2n) is 5.82. The van der Waals surface area contributed by atoms with Crippen LogP contribution in [0, 0.1) is 5.92 Å². The summed E-state index contributed by atoms with van der Waals surface area (Å²) in [5.74, 6) is 0.561. The first-order chi connectivity index (χ1) is 9.67. The summed E-state index contributed by atoms with van der Waals surface area (Å²) in [6.45, 7) is 5.08. The number of aromatic nitrogens is 2. The van der Waals surface area contributed by atoms with E-state index in [1.807, 2.05) is 18.2 Å². The van der Waals surface area contributed by atoms with Crippen LogP contribution in [0.4, 0.5) is 0 Å². The number of nitrogens with zero attached hydrogens (tertiary/aromatic N) is 3. The molecule has 1 aliphatic heterocycles. The van der Waals surface area contributed by atoms with Crippen molar-refractivity contribution < 1.29 is 0 Å². The molecule has 0 amide bonds. The van der Waals surface area contributed by atoms with Gasteiger partial charge < -0.3 is 4.90 Å². The SMILES string of the molecule is CCc1ccc2ncn(C[C@H]3CCN(C)C3)c(=O)c2c1. The van der Waals surface area contributed by atoms with Crippen molar-refractivity contribution in [3.8, 4) is 0 Å². The quantitative estimate of drug-likeness (QED) is 0.856. The minimum Gasteiger partial charge on any atom is -0.306 e. The van der Waals surface area contributed by atoms with Crippen LogP contribution in [0.25, 0.3) is 10.9 Å². The molecular weight excluding hydrogens is 250 g/mol. The molecule has 1 atom stereocenters. The average molecular weight is 271 g/mol. The molecule has 1 aliphatic rings. The van der Waals surface area contributed by atoms with Gasteiger partial charge in [0, 0.05) is 13.1 Å². The Balaban J connectivity index is 1.95. The van der Waals surface area contributed by atoms with Crippen LogP contribution in [0.15, 0.2) is 29.3 Å². The lowest BCUT2D eigenvalue weighted by Gasteiger charge is -2.13. The van der Waals surface area contributed by atoms with Crippen molar-refractivity contribution in [1.29, 1.82) is 0 Å². The second-order valence-corrected chi connectivity index (χ2v) is 5.82. The zero-order chi connectivity index (χ0) is 14.1. The van der Waals surface area contributed by atoms with Crippen LogP contribution < -0.4 is 5.56 Å². The Morgan fingerprint density at radius 1 is 1.40 bits per heavy atom. The van der Waals surface area contributed by atoms with Crippen LogP contribution in [-0.2, 0) is 13.0 Å². The number of hydrogen-bond acceptors (Lipinski definition) is 3. The maximum Gasteiger partial charge on any atom is 0.261 e. The summed E-state index contributed by atoms with van der Waals surface area (Å²) in [6, 6.07) is 5.98. The molecule has 20 heavy (non-hydrogen) atoms. The van der Waals surface area contributed by atoms with Crippen molar-refractivity contribution in [3.05, 3.63) is 40.4 Å². The molecule has 1 saturated heterocycles. The molecule has 0 saturated carbocycles. The maximum atomic E-state index is 12.6. The van der Waals surface area contributed by atoms with Gasteiger partial charge in [0.05, 0.1) is 17.2 Å². The highest BCUT2D eigenvalue weighted by molar-refractivity contribution is 5.78. The molecule has 1 fully saturated rings. The normalized spacial score (nSPS) is 19.8. The predicted octanol–water partition coefficient (Wildman–Crippen LogP) is 1.91. The summed E-state index contributed by atoms with van der Waals surface area (Å²) >= 11 is 0. The first kappa shape index (κ1) is 13.3. The standard InChI is InChI=1S/C16H21N3O/c1-3-12-4-5-15-14(8-12)16(20)19(11-17-15)10-13-6-7-18(2)9-13/h4-5,8,11,13H,3,6-7,9-10H2,1-2H3/t13-/m0/s1. The molecule has 0 N–H and O–H groups in total. The second kappa shape index (κ2) is 5.37. The fourth-order valence-electron chi connectivity index (χ4n) is 3.01. The predicted molar refractivity (Wildman–Crippen MR) is 81.0 cm³/mol. The van der Waals surface area contributed by atoms with E-state index >= 15 is 0 Å². The highest BCUT2D eigenvalue weighted by Crippen LogP contribution is 2.16. The summed E-state index contributed by atoms with van der Waals surface area (Å²) in [7, 11) is 2.13. The van der Waals surface area contributed by atoms with Crippen LogP contribution in [0.2, 0.25) is 0 Å². The first-order valence-electron chi connectivity index (χ1n) is 7.34. The highest BCUT2D eigenvalue weighted by atomic mass is 16.1. The first-order valence-corrected chi connectivity index (χ1v) is 7.34. The van der Waals surface area contributed by atoms with E-state index in [0.717, 1.165) is 43.4 Å². The van der Waals surface area contributed by atoms with Crippen LogP contribution in [0.5, 0.6) is 0 Å². The van der Waals surface area contributed by atoms with Gasteiger partial charge >= 0.3 is 0 Å². The van der Waals surface area contributed by atoms with Crippen LogP contribution in [0.3, 0.4) is 0 Å². The monoisotopic (exact) mass is 271 g/mol. The number of benzene rings is 1. The van der Waals surface area contributed by atoms with E-state index in [1.165, 1.54) is 5.56 Å². The molecule has 1 aromatic carbocycles. The Labute approximate surface area is 119 Å². The zero-order valence-corrected chi connectivity index (χ0v) is 12.2. The number of aryl methyl sites for hydroxylation is 1. The summed E-state index contributed by atoms with van der Waals surface area (Å²) in [4.78, 5) is 19.3. The van der Waals surface area contributed by atoms with E-state index < -0.39 is 0 Å².